The molecule has 0 aromatic heterocycles. The van der Waals surface area contributed by atoms with Gasteiger partial charge < -0.3 is 19.7 Å². The number of hydrogen-bond donors (Lipinski definition) is 2. The van der Waals surface area contributed by atoms with E-state index in [-0.39, 0.29) is 17.6 Å². The minimum atomic E-state index is -1.25. The van der Waals surface area contributed by atoms with Gasteiger partial charge in [0.25, 0.3) is 0 Å². The van der Waals surface area contributed by atoms with Crippen LogP contribution in [-0.4, -0.2) is 46.4 Å². The quantitative estimate of drug-likeness (QED) is 0.457. The van der Waals surface area contributed by atoms with Crippen molar-refractivity contribution >= 4 is 17.7 Å². The molecule has 0 aromatic carbocycles. The number of fused-ring (bicyclic) bond motifs is 5. The number of aliphatic hydroxyl groups is 2. The highest BCUT2D eigenvalue weighted by Gasteiger charge is 2.71. The summed E-state index contributed by atoms with van der Waals surface area (Å²) in [4.78, 5) is 37.1. The van der Waals surface area contributed by atoms with Gasteiger partial charge in [-0.05, 0) is 48.0 Å². The van der Waals surface area contributed by atoms with Crippen LogP contribution in [0.2, 0.25) is 0 Å². The maximum absolute atomic E-state index is 12.9. The van der Waals surface area contributed by atoms with Crippen molar-refractivity contribution < 1.29 is 34.1 Å². The molecule has 0 saturated heterocycles. The summed E-state index contributed by atoms with van der Waals surface area (Å²) in [5, 5.41) is 22.3. The molecule has 0 radical (unpaired) electrons. The van der Waals surface area contributed by atoms with Gasteiger partial charge in [0.05, 0.1) is 6.10 Å². The van der Waals surface area contributed by atoms with E-state index in [2.05, 4.69) is 26.8 Å². The Kier molecular flexibility index (Phi) is 5.16. The van der Waals surface area contributed by atoms with Crippen LogP contribution in [0.25, 0.3) is 0 Å². The average molecular weight is 485 g/mol. The molecule has 0 bridgehead atoms. The van der Waals surface area contributed by atoms with Crippen LogP contribution in [0.5, 0.6) is 0 Å². The van der Waals surface area contributed by atoms with Gasteiger partial charge in [-0.2, -0.15) is 0 Å². The number of rotatable bonds is 2. The largest absolute Gasteiger partial charge is 0.459 e. The van der Waals surface area contributed by atoms with Crippen molar-refractivity contribution in [3.05, 3.63) is 35.5 Å². The first kappa shape index (κ1) is 24.4. The number of cyclic esters (lactones) is 1. The Morgan fingerprint density at radius 2 is 1.83 bits per heavy atom. The molecule has 190 valence electrons. The third-order valence-electron chi connectivity index (χ3n) is 10.4. The SMILES string of the molecule is CC(=O)O[C@@H]1[C@H](O)[C@H]2C(C)(C)C(=O)C=C[C@]2(C)[C@H]2CC[C@]3(C)C(=CC[C@H]3C3=CC(=O)O[C@@H]3O)[C@]12C. The second-order valence-corrected chi connectivity index (χ2v) is 12.4. The van der Waals surface area contributed by atoms with Gasteiger partial charge in [0.2, 0.25) is 6.29 Å². The molecule has 35 heavy (non-hydrogen) atoms. The van der Waals surface area contributed by atoms with Crippen molar-refractivity contribution in [2.24, 2.45) is 39.4 Å². The summed E-state index contributed by atoms with van der Waals surface area (Å²) < 4.78 is 10.9. The van der Waals surface area contributed by atoms with Crippen LogP contribution in [0, 0.1) is 39.4 Å². The predicted octanol–water partition coefficient (Wildman–Crippen LogP) is 3.25. The van der Waals surface area contributed by atoms with Crippen molar-refractivity contribution in [1.29, 1.82) is 0 Å². The topological polar surface area (TPSA) is 110 Å². The Balaban J connectivity index is 1.66. The molecule has 1 heterocycles. The smallest absolute Gasteiger partial charge is 0.333 e. The first-order chi connectivity index (χ1) is 16.2. The Morgan fingerprint density at radius 3 is 2.43 bits per heavy atom. The maximum Gasteiger partial charge on any atom is 0.333 e. The van der Waals surface area contributed by atoms with Crippen LogP contribution in [-0.2, 0) is 23.9 Å². The zero-order valence-electron chi connectivity index (χ0n) is 21.3. The Hall–Kier alpha value is -2.25. The van der Waals surface area contributed by atoms with Crippen molar-refractivity contribution in [3.63, 3.8) is 0 Å². The Labute approximate surface area is 206 Å². The van der Waals surface area contributed by atoms with E-state index in [1.165, 1.54) is 13.0 Å². The van der Waals surface area contributed by atoms with Crippen LogP contribution in [0.1, 0.15) is 60.8 Å². The van der Waals surface area contributed by atoms with Gasteiger partial charge in [0.15, 0.2) is 5.78 Å². The standard InChI is InChI=1S/C28H36O7/c1-14(29)34-23-21(32)22-25(2,3)19(30)10-12-27(22,5)18-9-11-26(4)16(7-8-17(26)28(18,23)6)15-13-20(31)35-24(15)33/h8,10,12-13,16,18,21-24,32-33H,7,9,11H2,1-6H3/t16-,18+,21+,22-,23+,24-,26-,27+,28-/m0/s1. The number of aliphatic hydroxyl groups excluding tert-OH is 2. The molecule has 2 saturated carbocycles. The van der Waals surface area contributed by atoms with Gasteiger partial charge in [-0.25, -0.2) is 4.79 Å². The maximum atomic E-state index is 12.9. The number of allylic oxidation sites excluding steroid dienone is 3. The van der Waals surface area contributed by atoms with Crippen LogP contribution >= 0.6 is 0 Å². The molecule has 2 N–H and O–H groups in total. The summed E-state index contributed by atoms with van der Waals surface area (Å²) in [6, 6.07) is 0. The molecule has 7 nitrogen and oxygen atoms in total. The van der Waals surface area contributed by atoms with E-state index < -0.39 is 58.0 Å². The number of carbonyl (C=O) groups is 3. The molecule has 0 amide bonds. The zero-order valence-corrected chi connectivity index (χ0v) is 21.3. The van der Waals surface area contributed by atoms with E-state index in [1.54, 1.807) is 6.08 Å². The van der Waals surface area contributed by atoms with Crippen molar-refractivity contribution in [3.8, 4) is 0 Å². The molecule has 9 atom stereocenters. The van der Waals surface area contributed by atoms with Crippen molar-refractivity contribution in [2.45, 2.75) is 79.3 Å². The number of ketones is 1. The van der Waals surface area contributed by atoms with Crippen LogP contribution in [0.3, 0.4) is 0 Å². The van der Waals surface area contributed by atoms with Gasteiger partial charge in [0, 0.05) is 35.3 Å². The van der Waals surface area contributed by atoms with Gasteiger partial charge in [0.1, 0.15) is 6.10 Å². The van der Waals surface area contributed by atoms with E-state index in [1.807, 2.05) is 19.9 Å². The lowest BCUT2D eigenvalue weighted by Gasteiger charge is -2.67. The minimum absolute atomic E-state index is 0.00909. The lowest BCUT2D eigenvalue weighted by molar-refractivity contribution is -0.229. The molecular formula is C28H36O7. The third kappa shape index (κ3) is 3.00. The Morgan fingerprint density at radius 1 is 1.14 bits per heavy atom. The molecule has 0 aromatic rings. The van der Waals surface area contributed by atoms with Crippen LogP contribution < -0.4 is 0 Å². The number of carbonyl (C=O) groups excluding carboxylic acids is 3. The fourth-order valence-corrected chi connectivity index (χ4v) is 9.03. The molecule has 5 aliphatic rings. The normalized spacial score (nSPS) is 47.8. The summed E-state index contributed by atoms with van der Waals surface area (Å²) in [7, 11) is 0. The van der Waals surface area contributed by atoms with Crippen molar-refractivity contribution in [1.82, 2.24) is 0 Å². The van der Waals surface area contributed by atoms with Gasteiger partial charge in [-0.1, -0.05) is 52.3 Å². The van der Waals surface area contributed by atoms with E-state index in [9.17, 15) is 24.6 Å². The van der Waals surface area contributed by atoms with Gasteiger partial charge in [-0.3, -0.25) is 9.59 Å². The fraction of sp³-hybridized carbons (Fsp3) is 0.679. The first-order valence-corrected chi connectivity index (χ1v) is 12.6. The zero-order chi connectivity index (χ0) is 25.7. The van der Waals surface area contributed by atoms with E-state index >= 15 is 0 Å². The summed E-state index contributed by atoms with van der Waals surface area (Å²) in [5.41, 5.74) is -0.739. The monoisotopic (exact) mass is 484 g/mol. The van der Waals surface area contributed by atoms with Gasteiger partial charge in [-0.15, -0.1) is 0 Å². The number of hydrogen-bond acceptors (Lipinski definition) is 7. The lowest BCUT2D eigenvalue weighted by Crippen LogP contribution is -2.70. The second kappa shape index (κ2) is 7.39. The summed E-state index contributed by atoms with van der Waals surface area (Å²) in [6.07, 6.45) is 6.29. The van der Waals surface area contributed by atoms with Crippen molar-refractivity contribution in [2.75, 3.05) is 0 Å². The van der Waals surface area contributed by atoms with E-state index in [0.717, 1.165) is 18.4 Å². The van der Waals surface area contributed by atoms with E-state index in [0.29, 0.717) is 12.0 Å². The molecule has 7 heteroatoms. The van der Waals surface area contributed by atoms with Gasteiger partial charge >= 0.3 is 11.9 Å². The highest BCUT2D eigenvalue weighted by Crippen LogP contribution is 2.72. The lowest BCUT2D eigenvalue weighted by atomic mass is 9.37. The predicted molar refractivity (Wildman–Crippen MR) is 126 cm³/mol. The third-order valence-corrected chi connectivity index (χ3v) is 10.4. The fourth-order valence-electron chi connectivity index (χ4n) is 9.03. The summed E-state index contributed by atoms with van der Waals surface area (Å²) in [5.74, 6) is -1.57. The molecular weight excluding hydrogens is 448 g/mol. The van der Waals surface area contributed by atoms with Crippen LogP contribution in [0.4, 0.5) is 0 Å². The molecule has 1 aliphatic heterocycles. The number of esters is 2. The number of ether oxygens (including phenoxy) is 2. The molecule has 2 fully saturated rings. The molecule has 0 spiro atoms. The Bertz CT molecular complexity index is 1100. The minimum Gasteiger partial charge on any atom is -0.459 e. The van der Waals surface area contributed by atoms with Crippen LogP contribution in [0.15, 0.2) is 35.5 Å². The molecule has 4 aliphatic carbocycles. The summed E-state index contributed by atoms with van der Waals surface area (Å²) in [6.45, 7) is 11.5. The summed E-state index contributed by atoms with van der Waals surface area (Å²) >= 11 is 0. The second-order valence-electron chi connectivity index (χ2n) is 12.4. The highest BCUT2D eigenvalue weighted by molar-refractivity contribution is 5.96. The first-order valence-electron chi connectivity index (χ1n) is 12.6. The average Bonchev–Trinajstić information content (AvgIpc) is 3.26. The van der Waals surface area contributed by atoms with E-state index in [4.69, 9.17) is 9.47 Å². The molecule has 5 rings (SSSR count). The highest BCUT2D eigenvalue weighted by atomic mass is 16.6. The molecule has 0 unspecified atom stereocenters.